The molecule has 0 saturated carbocycles. The molecule has 0 aromatic heterocycles. The van der Waals surface area contributed by atoms with Crippen molar-refractivity contribution in [2.24, 2.45) is 0 Å². The fourth-order valence-corrected chi connectivity index (χ4v) is 2.57. The molecule has 120 valence electrons. The van der Waals surface area contributed by atoms with Crippen LogP contribution in [-0.2, 0) is 14.3 Å². The summed E-state index contributed by atoms with van der Waals surface area (Å²) in [4.78, 5) is 23.9. The number of methoxy groups -OCH3 is 1. The van der Waals surface area contributed by atoms with E-state index in [0.717, 1.165) is 5.56 Å². The molecule has 1 fully saturated rings. The van der Waals surface area contributed by atoms with E-state index in [1.54, 1.807) is 19.9 Å². The highest BCUT2D eigenvalue weighted by molar-refractivity contribution is 6.30. The van der Waals surface area contributed by atoms with Crippen LogP contribution in [0.2, 0.25) is 5.02 Å². The number of carbonyl (C=O) groups is 2. The Kier molecular flexibility index (Phi) is 5.05. The second kappa shape index (κ2) is 6.64. The van der Waals surface area contributed by atoms with Crippen molar-refractivity contribution in [1.82, 2.24) is 16.2 Å². The van der Waals surface area contributed by atoms with Gasteiger partial charge < -0.3 is 10.1 Å². The molecule has 22 heavy (non-hydrogen) atoms. The van der Waals surface area contributed by atoms with E-state index < -0.39 is 17.6 Å². The van der Waals surface area contributed by atoms with Gasteiger partial charge in [0, 0.05) is 11.1 Å². The first-order valence-corrected chi connectivity index (χ1v) is 7.38. The van der Waals surface area contributed by atoms with Crippen molar-refractivity contribution in [3.63, 3.8) is 0 Å². The highest BCUT2D eigenvalue weighted by Gasteiger charge is 2.36. The number of amides is 1. The summed E-state index contributed by atoms with van der Waals surface area (Å²) in [6.45, 7) is 3.21. The first-order chi connectivity index (χ1) is 10.3. The van der Waals surface area contributed by atoms with Crippen molar-refractivity contribution < 1.29 is 14.3 Å². The third-order valence-corrected chi connectivity index (χ3v) is 3.84. The van der Waals surface area contributed by atoms with Crippen molar-refractivity contribution in [2.75, 3.05) is 7.11 Å². The molecule has 2 atom stereocenters. The zero-order valence-electron chi connectivity index (χ0n) is 12.8. The Morgan fingerprint density at radius 2 is 2.09 bits per heavy atom. The van der Waals surface area contributed by atoms with Gasteiger partial charge in [0.25, 0.3) is 0 Å². The van der Waals surface area contributed by atoms with E-state index in [1.165, 1.54) is 7.11 Å². The van der Waals surface area contributed by atoms with Gasteiger partial charge in [-0.05, 0) is 38.0 Å². The normalized spacial score (nSPS) is 21.5. The second-order valence-corrected chi connectivity index (χ2v) is 6.23. The summed E-state index contributed by atoms with van der Waals surface area (Å²) in [6.07, 6.45) is 0.559. The molecule has 1 heterocycles. The first kappa shape index (κ1) is 16.7. The molecule has 6 nitrogen and oxygen atoms in total. The smallest absolute Gasteiger partial charge is 0.330 e. The van der Waals surface area contributed by atoms with Crippen molar-refractivity contribution in [2.45, 2.75) is 37.9 Å². The third-order valence-electron chi connectivity index (χ3n) is 3.60. The van der Waals surface area contributed by atoms with E-state index in [9.17, 15) is 9.59 Å². The predicted molar refractivity (Wildman–Crippen MR) is 83.1 cm³/mol. The summed E-state index contributed by atoms with van der Waals surface area (Å²) >= 11 is 5.98. The van der Waals surface area contributed by atoms with Gasteiger partial charge in [-0.25, -0.2) is 15.6 Å². The molecule has 3 N–H and O–H groups in total. The monoisotopic (exact) mass is 325 g/mol. The molecule has 0 bridgehead atoms. The molecule has 2 unspecified atom stereocenters. The zero-order valence-corrected chi connectivity index (χ0v) is 13.5. The van der Waals surface area contributed by atoms with Crippen LogP contribution in [0.1, 0.15) is 31.9 Å². The summed E-state index contributed by atoms with van der Waals surface area (Å²) in [5, 5.41) is 3.34. The Bertz CT molecular complexity index is 577. The van der Waals surface area contributed by atoms with Gasteiger partial charge in [0.1, 0.15) is 11.6 Å². The molecular weight excluding hydrogens is 306 g/mol. The van der Waals surface area contributed by atoms with E-state index in [4.69, 9.17) is 11.6 Å². The number of carbonyl (C=O) groups excluding carboxylic acids is 2. The van der Waals surface area contributed by atoms with Crippen molar-refractivity contribution >= 4 is 23.5 Å². The fraction of sp³-hybridized carbons (Fsp3) is 0.467. The standard InChI is InChI=1S/C15H20ClN3O3/c1-15(2,14(21)22-3)17-13(20)12-8-11(18-19-12)9-5-4-6-10(16)7-9/h4-7,11-12,18-19H,8H2,1-3H3,(H,17,20). The maximum absolute atomic E-state index is 12.3. The lowest BCUT2D eigenvalue weighted by Crippen LogP contribution is -2.55. The van der Waals surface area contributed by atoms with Crippen LogP contribution in [0.15, 0.2) is 24.3 Å². The molecule has 1 saturated heterocycles. The van der Waals surface area contributed by atoms with Crippen molar-refractivity contribution in [3.05, 3.63) is 34.9 Å². The SMILES string of the molecule is COC(=O)C(C)(C)NC(=O)C1CC(c2cccc(Cl)c2)NN1. The molecule has 2 rings (SSSR count). The Balaban J connectivity index is 1.98. The lowest BCUT2D eigenvalue weighted by molar-refractivity contribution is -0.149. The van der Waals surface area contributed by atoms with Crippen LogP contribution >= 0.6 is 11.6 Å². The predicted octanol–water partition coefficient (Wildman–Crippen LogP) is 1.32. The zero-order chi connectivity index (χ0) is 16.3. The topological polar surface area (TPSA) is 79.5 Å². The van der Waals surface area contributed by atoms with Crippen LogP contribution in [0, 0.1) is 0 Å². The van der Waals surface area contributed by atoms with E-state index >= 15 is 0 Å². The van der Waals surface area contributed by atoms with E-state index in [0.29, 0.717) is 11.4 Å². The number of hydrogen-bond acceptors (Lipinski definition) is 5. The van der Waals surface area contributed by atoms with Crippen molar-refractivity contribution in [1.29, 1.82) is 0 Å². The first-order valence-electron chi connectivity index (χ1n) is 7.00. The molecular formula is C15H20ClN3O3. The van der Waals surface area contributed by atoms with Gasteiger partial charge in [0.2, 0.25) is 5.91 Å². The largest absolute Gasteiger partial charge is 0.467 e. The second-order valence-electron chi connectivity index (χ2n) is 5.79. The number of nitrogens with one attached hydrogen (secondary N) is 3. The highest BCUT2D eigenvalue weighted by Crippen LogP contribution is 2.24. The number of ether oxygens (including phenoxy) is 1. The average molecular weight is 326 g/mol. The maximum Gasteiger partial charge on any atom is 0.330 e. The van der Waals surface area contributed by atoms with Gasteiger partial charge in [0.05, 0.1) is 7.11 Å². The number of hydrogen-bond donors (Lipinski definition) is 3. The average Bonchev–Trinajstić information content (AvgIpc) is 2.95. The third kappa shape index (κ3) is 3.76. The summed E-state index contributed by atoms with van der Waals surface area (Å²) in [5.41, 5.74) is 5.96. The quantitative estimate of drug-likeness (QED) is 0.728. The van der Waals surface area contributed by atoms with E-state index in [2.05, 4.69) is 20.9 Å². The lowest BCUT2D eigenvalue weighted by Gasteiger charge is -2.24. The summed E-state index contributed by atoms with van der Waals surface area (Å²) in [7, 11) is 1.29. The number of halogens is 1. The number of esters is 1. The van der Waals surface area contributed by atoms with Gasteiger partial charge in [-0.1, -0.05) is 23.7 Å². The van der Waals surface area contributed by atoms with E-state index in [-0.39, 0.29) is 11.9 Å². The van der Waals surface area contributed by atoms with Gasteiger partial charge >= 0.3 is 5.97 Å². The molecule has 0 spiro atoms. The number of hydrazine groups is 1. The van der Waals surface area contributed by atoms with Crippen LogP contribution in [0.5, 0.6) is 0 Å². The summed E-state index contributed by atoms with van der Waals surface area (Å²) in [6, 6.07) is 7.02. The Labute approximate surface area is 134 Å². The molecule has 1 aromatic rings. The fourth-order valence-electron chi connectivity index (χ4n) is 2.37. The summed E-state index contributed by atoms with van der Waals surface area (Å²) in [5.74, 6) is -0.745. The van der Waals surface area contributed by atoms with Crippen LogP contribution in [0.25, 0.3) is 0 Å². The van der Waals surface area contributed by atoms with Crippen LogP contribution < -0.4 is 16.2 Å². The van der Waals surface area contributed by atoms with Crippen LogP contribution in [-0.4, -0.2) is 30.6 Å². The van der Waals surface area contributed by atoms with E-state index in [1.807, 2.05) is 18.2 Å². The van der Waals surface area contributed by atoms with Crippen LogP contribution in [0.4, 0.5) is 0 Å². The maximum atomic E-state index is 12.3. The minimum absolute atomic E-state index is 0.0179. The van der Waals surface area contributed by atoms with Gasteiger partial charge in [0.15, 0.2) is 0 Å². The molecule has 1 amide bonds. The minimum atomic E-state index is -1.07. The highest BCUT2D eigenvalue weighted by atomic mass is 35.5. The Morgan fingerprint density at radius 3 is 2.73 bits per heavy atom. The van der Waals surface area contributed by atoms with Crippen LogP contribution in [0.3, 0.4) is 0 Å². The summed E-state index contributed by atoms with van der Waals surface area (Å²) < 4.78 is 4.68. The molecule has 1 aliphatic heterocycles. The van der Waals surface area contributed by atoms with Gasteiger partial charge in [-0.2, -0.15) is 0 Å². The molecule has 0 aliphatic carbocycles. The minimum Gasteiger partial charge on any atom is -0.467 e. The van der Waals surface area contributed by atoms with Gasteiger partial charge in [-0.3, -0.25) is 4.79 Å². The number of benzene rings is 1. The molecule has 1 aliphatic rings. The Morgan fingerprint density at radius 1 is 1.36 bits per heavy atom. The lowest BCUT2D eigenvalue weighted by atomic mass is 10.0. The molecule has 7 heteroatoms. The molecule has 1 aromatic carbocycles. The van der Waals surface area contributed by atoms with Gasteiger partial charge in [-0.15, -0.1) is 0 Å². The molecule has 0 radical (unpaired) electrons. The Hall–Kier alpha value is -1.63. The van der Waals surface area contributed by atoms with Crippen molar-refractivity contribution in [3.8, 4) is 0 Å². The number of rotatable bonds is 4.